The van der Waals surface area contributed by atoms with Gasteiger partial charge in [0, 0.05) is 0 Å². The lowest BCUT2D eigenvalue weighted by Gasteiger charge is -2.36. The van der Waals surface area contributed by atoms with Gasteiger partial charge in [-0.2, -0.15) is 0 Å². The molecule has 0 bridgehead atoms. The van der Waals surface area contributed by atoms with Gasteiger partial charge in [-0.15, -0.1) is 0 Å². The number of rotatable bonds is 14. The zero-order valence-corrected chi connectivity index (χ0v) is 15.7. The van der Waals surface area contributed by atoms with Gasteiger partial charge in [-0.25, -0.2) is 0 Å². The summed E-state index contributed by atoms with van der Waals surface area (Å²) in [6.07, 6.45) is 13.2. The molecule has 0 radical (unpaired) electrons. The second-order valence-electron chi connectivity index (χ2n) is 7.04. The molecule has 1 aliphatic rings. The zero-order valence-electron chi connectivity index (χ0n) is 15.7. The van der Waals surface area contributed by atoms with Crippen LogP contribution in [0.15, 0.2) is 0 Å². The highest BCUT2D eigenvalue weighted by molar-refractivity contribution is 6.01. The molecule has 0 heterocycles. The molecule has 4 heteroatoms. The lowest BCUT2D eigenvalue weighted by atomic mass is 9.69. The first-order valence-corrected chi connectivity index (χ1v) is 10.0. The van der Waals surface area contributed by atoms with Crippen LogP contribution in [0.3, 0.4) is 0 Å². The van der Waals surface area contributed by atoms with Crippen LogP contribution < -0.4 is 0 Å². The molecule has 0 atom stereocenters. The van der Waals surface area contributed by atoms with Crippen LogP contribution in [0.4, 0.5) is 0 Å². The number of unbranched alkanes of at least 4 members (excludes halogenated alkanes) is 8. The molecule has 24 heavy (non-hydrogen) atoms. The Morgan fingerprint density at radius 2 is 1.12 bits per heavy atom. The minimum Gasteiger partial charge on any atom is -0.465 e. The fraction of sp³-hybridized carbons (Fsp3) is 0.900. The highest BCUT2D eigenvalue weighted by atomic mass is 16.6. The van der Waals surface area contributed by atoms with Gasteiger partial charge in [-0.1, -0.05) is 65.2 Å². The normalized spacial score (nSPS) is 15.6. The first-order valence-electron chi connectivity index (χ1n) is 10.0. The summed E-state index contributed by atoms with van der Waals surface area (Å²) >= 11 is 0. The lowest BCUT2D eigenvalue weighted by molar-refractivity contribution is -0.179. The van der Waals surface area contributed by atoms with E-state index in [-0.39, 0.29) is 11.9 Å². The molecule has 0 aliphatic heterocycles. The van der Waals surface area contributed by atoms with Crippen molar-refractivity contribution in [2.75, 3.05) is 13.2 Å². The van der Waals surface area contributed by atoms with Crippen molar-refractivity contribution in [1.82, 2.24) is 0 Å². The van der Waals surface area contributed by atoms with Crippen LogP contribution in [-0.4, -0.2) is 25.2 Å². The van der Waals surface area contributed by atoms with Crippen LogP contribution >= 0.6 is 0 Å². The average Bonchev–Trinajstić information content (AvgIpc) is 2.53. The van der Waals surface area contributed by atoms with E-state index in [1.165, 1.54) is 38.5 Å². The smallest absolute Gasteiger partial charge is 0.323 e. The van der Waals surface area contributed by atoms with Gasteiger partial charge in [0.1, 0.15) is 0 Å². The predicted molar refractivity (Wildman–Crippen MR) is 95.7 cm³/mol. The van der Waals surface area contributed by atoms with Gasteiger partial charge in [0.2, 0.25) is 0 Å². The van der Waals surface area contributed by atoms with Crippen LogP contribution in [0, 0.1) is 5.41 Å². The molecule has 0 aromatic carbocycles. The molecule has 1 saturated carbocycles. The van der Waals surface area contributed by atoms with Crippen molar-refractivity contribution < 1.29 is 19.1 Å². The SMILES string of the molecule is CCCCCCCOC(=O)C1(C(=O)OCCCCCCC)CCC1. The summed E-state index contributed by atoms with van der Waals surface area (Å²) in [6, 6.07) is 0. The fourth-order valence-corrected chi connectivity index (χ4v) is 3.04. The third-order valence-corrected chi connectivity index (χ3v) is 4.95. The minimum absolute atomic E-state index is 0.361. The Kier molecular flexibility index (Phi) is 10.8. The Hall–Kier alpha value is -1.06. The van der Waals surface area contributed by atoms with Gasteiger partial charge < -0.3 is 9.47 Å². The fourth-order valence-electron chi connectivity index (χ4n) is 3.04. The summed E-state index contributed by atoms with van der Waals surface area (Å²) in [6.45, 7) is 5.20. The summed E-state index contributed by atoms with van der Waals surface area (Å²) in [4.78, 5) is 24.7. The monoisotopic (exact) mass is 340 g/mol. The third kappa shape index (κ3) is 6.82. The molecular formula is C20H36O4. The number of carbonyl (C=O) groups is 2. The van der Waals surface area contributed by atoms with E-state index < -0.39 is 5.41 Å². The maximum atomic E-state index is 12.3. The number of esters is 2. The predicted octanol–water partition coefficient (Wildman–Crippen LogP) is 5.18. The molecule has 0 unspecified atom stereocenters. The van der Waals surface area contributed by atoms with E-state index in [0.29, 0.717) is 26.1 Å². The first-order chi connectivity index (χ1) is 11.7. The largest absolute Gasteiger partial charge is 0.465 e. The molecule has 0 saturated heterocycles. The van der Waals surface area contributed by atoms with Crippen molar-refractivity contribution >= 4 is 11.9 Å². The van der Waals surface area contributed by atoms with Gasteiger partial charge in [0.15, 0.2) is 5.41 Å². The van der Waals surface area contributed by atoms with Crippen LogP contribution in [0.5, 0.6) is 0 Å². The van der Waals surface area contributed by atoms with Gasteiger partial charge in [0.05, 0.1) is 13.2 Å². The van der Waals surface area contributed by atoms with Gasteiger partial charge in [-0.05, 0) is 32.1 Å². The highest BCUT2D eigenvalue weighted by Crippen LogP contribution is 2.43. The Morgan fingerprint density at radius 1 is 0.708 bits per heavy atom. The first kappa shape index (κ1) is 21.0. The average molecular weight is 341 g/mol. The summed E-state index contributed by atoms with van der Waals surface area (Å²) in [5.74, 6) is -0.722. The molecule has 4 nitrogen and oxygen atoms in total. The summed E-state index contributed by atoms with van der Waals surface area (Å²) in [5.41, 5.74) is -0.993. The third-order valence-electron chi connectivity index (χ3n) is 4.95. The van der Waals surface area contributed by atoms with Crippen molar-refractivity contribution in [2.24, 2.45) is 5.41 Å². The Labute approximate surface area is 147 Å². The number of carbonyl (C=O) groups excluding carboxylic acids is 2. The molecular weight excluding hydrogens is 304 g/mol. The van der Waals surface area contributed by atoms with Crippen molar-refractivity contribution in [1.29, 1.82) is 0 Å². The van der Waals surface area contributed by atoms with Gasteiger partial charge in [0.25, 0.3) is 0 Å². The molecule has 1 rings (SSSR count). The van der Waals surface area contributed by atoms with E-state index in [2.05, 4.69) is 13.8 Å². The van der Waals surface area contributed by atoms with Crippen LogP contribution in [0.25, 0.3) is 0 Å². The quantitative estimate of drug-likeness (QED) is 0.248. The summed E-state index contributed by atoms with van der Waals surface area (Å²) < 4.78 is 10.7. The molecule has 0 aromatic rings. The van der Waals surface area contributed by atoms with Crippen molar-refractivity contribution in [3.05, 3.63) is 0 Å². The van der Waals surface area contributed by atoms with Crippen molar-refractivity contribution in [2.45, 2.75) is 97.3 Å². The van der Waals surface area contributed by atoms with Crippen LogP contribution in [-0.2, 0) is 19.1 Å². The van der Waals surface area contributed by atoms with E-state index in [1.807, 2.05) is 0 Å². The molecule has 0 N–H and O–H groups in total. The maximum Gasteiger partial charge on any atom is 0.323 e. The Balaban J connectivity index is 2.23. The van der Waals surface area contributed by atoms with E-state index >= 15 is 0 Å². The second-order valence-corrected chi connectivity index (χ2v) is 7.04. The Morgan fingerprint density at radius 3 is 1.46 bits per heavy atom. The van der Waals surface area contributed by atoms with E-state index in [9.17, 15) is 9.59 Å². The van der Waals surface area contributed by atoms with Crippen molar-refractivity contribution in [3.63, 3.8) is 0 Å². The molecule has 0 spiro atoms. The highest BCUT2D eigenvalue weighted by Gasteiger charge is 2.53. The number of hydrogen-bond acceptors (Lipinski definition) is 4. The van der Waals surface area contributed by atoms with Crippen LogP contribution in [0.1, 0.15) is 97.3 Å². The molecule has 140 valence electrons. The second kappa shape index (κ2) is 12.3. The van der Waals surface area contributed by atoms with E-state index in [4.69, 9.17) is 9.47 Å². The van der Waals surface area contributed by atoms with E-state index in [1.54, 1.807) is 0 Å². The lowest BCUT2D eigenvalue weighted by Crippen LogP contribution is -2.47. The topological polar surface area (TPSA) is 52.6 Å². The number of hydrogen-bond donors (Lipinski definition) is 0. The number of ether oxygens (including phenoxy) is 2. The zero-order chi connectivity index (χ0) is 17.7. The van der Waals surface area contributed by atoms with Crippen LogP contribution in [0.2, 0.25) is 0 Å². The molecule has 1 aliphatic carbocycles. The molecule has 0 amide bonds. The minimum atomic E-state index is -0.993. The van der Waals surface area contributed by atoms with Gasteiger partial charge in [-0.3, -0.25) is 9.59 Å². The summed E-state index contributed by atoms with van der Waals surface area (Å²) in [7, 11) is 0. The van der Waals surface area contributed by atoms with E-state index in [0.717, 1.165) is 32.1 Å². The van der Waals surface area contributed by atoms with Gasteiger partial charge >= 0.3 is 11.9 Å². The molecule has 0 aromatic heterocycles. The Bertz CT molecular complexity index is 331. The molecule has 1 fully saturated rings. The maximum absolute atomic E-state index is 12.3. The van der Waals surface area contributed by atoms with Crippen molar-refractivity contribution in [3.8, 4) is 0 Å². The standard InChI is InChI=1S/C20H36O4/c1-3-5-7-9-11-16-23-18(21)20(14-13-15-20)19(22)24-17-12-10-8-6-4-2/h3-17H2,1-2H3. The summed E-state index contributed by atoms with van der Waals surface area (Å²) in [5, 5.41) is 0.